The minimum atomic E-state index is -0.588. The molecule has 84 valence electrons. The second-order valence-electron chi connectivity index (χ2n) is 2.45. The van der Waals surface area contributed by atoms with Crippen molar-refractivity contribution in [2.24, 2.45) is 0 Å². The Hall–Kier alpha value is -1.71. The monoisotopic (exact) mass is 212 g/mol. The van der Waals surface area contributed by atoms with Gasteiger partial charge in [-0.3, -0.25) is 0 Å². The second-order valence-corrected chi connectivity index (χ2v) is 2.45. The number of phenols is 1. The minimum absolute atomic E-state index is 0.322. The summed E-state index contributed by atoms with van der Waals surface area (Å²) in [5.74, 6) is 0.322. The maximum atomic E-state index is 10.2. The van der Waals surface area contributed by atoms with Gasteiger partial charge in [-0.05, 0) is 26.0 Å². The Labute approximate surface area is 89.4 Å². The van der Waals surface area contributed by atoms with Crippen LogP contribution >= 0.6 is 0 Å². The first-order valence-electron chi connectivity index (χ1n) is 4.74. The molecule has 0 spiro atoms. The SMILES string of the molecule is CCOC(=O)OCC.Oc1ccccc1. The van der Waals surface area contributed by atoms with E-state index < -0.39 is 6.16 Å². The summed E-state index contributed by atoms with van der Waals surface area (Å²) in [7, 11) is 0. The van der Waals surface area contributed by atoms with Crippen LogP contribution in [0.3, 0.4) is 0 Å². The predicted octanol–water partition coefficient (Wildman–Crippen LogP) is 2.57. The zero-order valence-corrected chi connectivity index (χ0v) is 8.97. The van der Waals surface area contributed by atoms with E-state index in [-0.39, 0.29) is 0 Å². The molecular formula is C11H16O4. The fourth-order valence-electron chi connectivity index (χ4n) is 0.705. The molecule has 4 heteroatoms. The number of hydrogen-bond donors (Lipinski definition) is 1. The Kier molecular flexibility index (Phi) is 7.86. The van der Waals surface area contributed by atoms with Crippen LogP contribution in [0.1, 0.15) is 13.8 Å². The van der Waals surface area contributed by atoms with E-state index in [1.807, 2.05) is 6.07 Å². The Balaban J connectivity index is 0.000000262. The van der Waals surface area contributed by atoms with Crippen molar-refractivity contribution in [2.45, 2.75) is 13.8 Å². The van der Waals surface area contributed by atoms with Gasteiger partial charge in [0.05, 0.1) is 13.2 Å². The van der Waals surface area contributed by atoms with Gasteiger partial charge in [-0.2, -0.15) is 0 Å². The van der Waals surface area contributed by atoms with E-state index in [4.69, 9.17) is 5.11 Å². The summed E-state index contributed by atoms with van der Waals surface area (Å²) in [6.45, 7) is 4.21. The van der Waals surface area contributed by atoms with Gasteiger partial charge in [-0.25, -0.2) is 4.79 Å². The quantitative estimate of drug-likeness (QED) is 0.765. The smallest absolute Gasteiger partial charge is 0.508 e. The van der Waals surface area contributed by atoms with Crippen LogP contribution in [0.15, 0.2) is 30.3 Å². The zero-order valence-electron chi connectivity index (χ0n) is 8.97. The van der Waals surface area contributed by atoms with Crippen molar-refractivity contribution >= 4 is 6.16 Å². The maximum absolute atomic E-state index is 10.2. The van der Waals surface area contributed by atoms with Gasteiger partial charge in [0.25, 0.3) is 0 Å². The number of hydrogen-bond acceptors (Lipinski definition) is 4. The van der Waals surface area contributed by atoms with Crippen LogP contribution in [0.4, 0.5) is 4.79 Å². The largest absolute Gasteiger partial charge is 0.508 e. The van der Waals surface area contributed by atoms with Gasteiger partial charge in [-0.1, -0.05) is 18.2 Å². The molecular weight excluding hydrogens is 196 g/mol. The molecule has 0 aromatic heterocycles. The van der Waals surface area contributed by atoms with E-state index in [2.05, 4.69) is 9.47 Å². The Morgan fingerprint density at radius 2 is 1.60 bits per heavy atom. The molecule has 0 aliphatic carbocycles. The lowest BCUT2D eigenvalue weighted by molar-refractivity contribution is 0.0630. The first kappa shape index (κ1) is 13.3. The summed E-state index contributed by atoms with van der Waals surface area (Å²) < 4.78 is 8.84. The van der Waals surface area contributed by atoms with Crippen LogP contribution in [-0.4, -0.2) is 24.5 Å². The number of benzene rings is 1. The Bertz CT molecular complexity index is 251. The van der Waals surface area contributed by atoms with Gasteiger partial charge < -0.3 is 14.6 Å². The number of ether oxygens (including phenoxy) is 2. The van der Waals surface area contributed by atoms with Crippen molar-refractivity contribution in [2.75, 3.05) is 13.2 Å². The van der Waals surface area contributed by atoms with Crippen LogP contribution in [-0.2, 0) is 9.47 Å². The average molecular weight is 212 g/mol. The highest BCUT2D eigenvalue weighted by molar-refractivity contribution is 5.59. The number of carbonyl (C=O) groups excluding carboxylic acids is 1. The average Bonchev–Trinajstić information content (AvgIpc) is 2.20. The third-order valence-electron chi connectivity index (χ3n) is 1.28. The molecule has 0 radical (unpaired) electrons. The third-order valence-corrected chi connectivity index (χ3v) is 1.28. The Morgan fingerprint density at radius 1 is 1.13 bits per heavy atom. The van der Waals surface area contributed by atoms with E-state index in [0.717, 1.165) is 0 Å². The van der Waals surface area contributed by atoms with E-state index in [9.17, 15) is 4.79 Å². The van der Waals surface area contributed by atoms with Gasteiger partial charge in [0, 0.05) is 0 Å². The number of carbonyl (C=O) groups is 1. The van der Waals surface area contributed by atoms with Gasteiger partial charge in [0.15, 0.2) is 0 Å². The second kappa shape index (κ2) is 8.87. The summed E-state index contributed by atoms with van der Waals surface area (Å²) in [6.07, 6.45) is -0.588. The van der Waals surface area contributed by atoms with Crippen molar-refractivity contribution in [1.29, 1.82) is 0 Å². The molecule has 1 aromatic carbocycles. The van der Waals surface area contributed by atoms with Crippen LogP contribution in [0.25, 0.3) is 0 Å². The first-order valence-corrected chi connectivity index (χ1v) is 4.74. The molecule has 0 saturated carbocycles. The lowest BCUT2D eigenvalue weighted by atomic mass is 10.3. The van der Waals surface area contributed by atoms with Crippen LogP contribution in [0, 0.1) is 0 Å². The Morgan fingerprint density at radius 3 is 1.87 bits per heavy atom. The highest BCUT2D eigenvalue weighted by atomic mass is 16.7. The normalized spacial score (nSPS) is 8.40. The van der Waals surface area contributed by atoms with Crippen molar-refractivity contribution in [3.8, 4) is 5.75 Å². The zero-order chi connectivity index (χ0) is 11.5. The van der Waals surface area contributed by atoms with Gasteiger partial charge in [-0.15, -0.1) is 0 Å². The van der Waals surface area contributed by atoms with Crippen molar-refractivity contribution in [1.82, 2.24) is 0 Å². The predicted molar refractivity (Wildman–Crippen MR) is 56.8 cm³/mol. The van der Waals surface area contributed by atoms with Gasteiger partial charge >= 0.3 is 6.16 Å². The molecule has 0 amide bonds. The maximum Gasteiger partial charge on any atom is 0.508 e. The number of aromatic hydroxyl groups is 1. The fourth-order valence-corrected chi connectivity index (χ4v) is 0.705. The standard InChI is InChI=1S/C6H6O.C5H10O3/c7-6-4-2-1-3-5-6;1-3-7-5(6)8-4-2/h1-5,7H;3-4H2,1-2H3. The summed E-state index contributed by atoms with van der Waals surface area (Å²) >= 11 is 0. The number of para-hydroxylation sites is 1. The van der Waals surface area contributed by atoms with Crippen molar-refractivity contribution < 1.29 is 19.4 Å². The van der Waals surface area contributed by atoms with Crippen LogP contribution < -0.4 is 0 Å². The lowest BCUT2D eigenvalue weighted by Crippen LogP contribution is -2.05. The van der Waals surface area contributed by atoms with E-state index >= 15 is 0 Å². The summed E-state index contributed by atoms with van der Waals surface area (Å²) in [5.41, 5.74) is 0. The first-order chi connectivity index (χ1) is 7.20. The number of phenolic OH excluding ortho intramolecular Hbond substituents is 1. The molecule has 0 fully saturated rings. The molecule has 0 heterocycles. The van der Waals surface area contributed by atoms with Crippen molar-refractivity contribution in [3.05, 3.63) is 30.3 Å². The topological polar surface area (TPSA) is 55.8 Å². The highest BCUT2D eigenvalue weighted by Gasteiger charge is 1.96. The molecule has 0 aliphatic heterocycles. The van der Waals surface area contributed by atoms with Crippen LogP contribution in [0.5, 0.6) is 5.75 Å². The van der Waals surface area contributed by atoms with Gasteiger partial charge in [0.2, 0.25) is 0 Å². The third kappa shape index (κ3) is 8.62. The molecule has 1 rings (SSSR count). The van der Waals surface area contributed by atoms with E-state index in [1.54, 1.807) is 38.1 Å². The molecule has 0 bridgehead atoms. The fraction of sp³-hybridized carbons (Fsp3) is 0.364. The summed E-state index contributed by atoms with van der Waals surface area (Å²) in [6, 6.07) is 8.71. The van der Waals surface area contributed by atoms with E-state index in [1.165, 1.54) is 0 Å². The summed E-state index contributed by atoms with van der Waals surface area (Å²) in [4.78, 5) is 10.2. The molecule has 1 aromatic rings. The molecule has 0 saturated heterocycles. The lowest BCUT2D eigenvalue weighted by Gasteiger charge is -1.98. The van der Waals surface area contributed by atoms with Gasteiger partial charge in [0.1, 0.15) is 5.75 Å². The minimum Gasteiger partial charge on any atom is -0.508 e. The molecule has 0 atom stereocenters. The molecule has 1 N–H and O–H groups in total. The molecule has 0 aliphatic rings. The molecule has 4 nitrogen and oxygen atoms in total. The van der Waals surface area contributed by atoms with Crippen molar-refractivity contribution in [3.63, 3.8) is 0 Å². The van der Waals surface area contributed by atoms with Crippen LogP contribution in [0.2, 0.25) is 0 Å². The highest BCUT2D eigenvalue weighted by Crippen LogP contribution is 2.02. The molecule has 15 heavy (non-hydrogen) atoms. The molecule has 0 unspecified atom stereocenters. The number of rotatable bonds is 2. The summed E-state index contributed by atoms with van der Waals surface area (Å²) in [5, 5.41) is 8.63. The van der Waals surface area contributed by atoms with E-state index in [0.29, 0.717) is 19.0 Å².